The highest BCUT2D eigenvalue weighted by atomic mass is 32.1. The highest BCUT2D eigenvalue weighted by molar-refractivity contribution is 7.80. The van der Waals surface area contributed by atoms with Crippen molar-refractivity contribution in [3.05, 3.63) is 53.9 Å². The smallest absolute Gasteiger partial charge is 0.220 e. The van der Waals surface area contributed by atoms with Gasteiger partial charge in [0.15, 0.2) is 23.9 Å². The summed E-state index contributed by atoms with van der Waals surface area (Å²) in [6.07, 6.45) is 9.48. The maximum atomic E-state index is 11.6. The van der Waals surface area contributed by atoms with Gasteiger partial charge in [-0.3, -0.25) is 4.79 Å². The Hall–Kier alpha value is -2.47. The normalized spacial score (nSPS) is 10.8. The minimum absolute atomic E-state index is 0.0825. The van der Waals surface area contributed by atoms with E-state index >= 15 is 0 Å². The first-order valence-corrected chi connectivity index (χ1v) is 9.56. The van der Waals surface area contributed by atoms with Crippen molar-refractivity contribution in [2.24, 2.45) is 0 Å². The zero-order chi connectivity index (χ0) is 19.5. The largest absolute Gasteiger partial charge is 0.493 e. The van der Waals surface area contributed by atoms with E-state index in [9.17, 15) is 4.79 Å². The molecule has 0 unspecified atom stereocenters. The fourth-order valence-corrected chi connectivity index (χ4v) is 2.70. The molecule has 0 fully saturated rings. The Morgan fingerprint density at radius 1 is 1.07 bits per heavy atom. The van der Waals surface area contributed by atoms with Gasteiger partial charge in [0.05, 0.1) is 14.2 Å². The summed E-state index contributed by atoms with van der Waals surface area (Å²) < 4.78 is 12.7. The molecule has 0 spiro atoms. The Morgan fingerprint density at radius 2 is 1.78 bits per heavy atom. The molecule has 1 N–H and O–H groups in total. The molecule has 1 aromatic carbocycles. The first-order chi connectivity index (χ1) is 13.2. The van der Waals surface area contributed by atoms with Gasteiger partial charge in [-0.25, -0.2) is 4.57 Å². The summed E-state index contributed by atoms with van der Waals surface area (Å²) in [6, 6.07) is 9.93. The van der Waals surface area contributed by atoms with E-state index in [1.165, 1.54) is 0 Å². The van der Waals surface area contributed by atoms with Crippen molar-refractivity contribution in [2.45, 2.75) is 19.4 Å². The third-order valence-electron chi connectivity index (χ3n) is 4.05. The van der Waals surface area contributed by atoms with Crippen molar-refractivity contribution >= 4 is 30.7 Å². The van der Waals surface area contributed by atoms with Crippen LogP contribution in [0.3, 0.4) is 0 Å². The predicted octanol–water partition coefficient (Wildman–Crippen LogP) is 2.99. The van der Waals surface area contributed by atoms with Crippen LogP contribution in [0.1, 0.15) is 24.0 Å². The van der Waals surface area contributed by atoms with Gasteiger partial charge in [0, 0.05) is 37.3 Å². The molecule has 1 amide bonds. The number of carbonyl (C=O) groups is 1. The van der Waals surface area contributed by atoms with Crippen molar-refractivity contribution in [1.82, 2.24) is 5.32 Å². The molecule has 0 bridgehead atoms. The summed E-state index contributed by atoms with van der Waals surface area (Å²) in [5.41, 5.74) is 2.14. The summed E-state index contributed by atoms with van der Waals surface area (Å²) in [4.78, 5) is 11.6. The van der Waals surface area contributed by atoms with Gasteiger partial charge in [0.2, 0.25) is 5.91 Å². The number of rotatable bonds is 10. The Kier molecular flexibility index (Phi) is 8.71. The second-order valence-corrected chi connectivity index (χ2v) is 6.44. The molecule has 6 heteroatoms. The van der Waals surface area contributed by atoms with E-state index in [4.69, 9.17) is 9.47 Å². The number of methoxy groups -OCH3 is 2. The Balaban J connectivity index is 1.88. The molecule has 0 aliphatic rings. The number of thiol groups is 1. The SMILES string of the molecule is COc1ccc(/C=C/c2cc[n+](CCCC(=O)NCCS)cc2)cc1OC. The van der Waals surface area contributed by atoms with Gasteiger partial charge in [-0.2, -0.15) is 12.6 Å². The van der Waals surface area contributed by atoms with Crippen LogP contribution in [-0.2, 0) is 11.3 Å². The minimum atomic E-state index is 0.0825. The second-order valence-electron chi connectivity index (χ2n) is 5.99. The third-order valence-corrected chi connectivity index (χ3v) is 4.27. The van der Waals surface area contributed by atoms with Gasteiger partial charge in [-0.05, 0) is 23.3 Å². The van der Waals surface area contributed by atoms with E-state index in [-0.39, 0.29) is 5.91 Å². The number of ether oxygens (including phenoxy) is 2. The summed E-state index contributed by atoms with van der Waals surface area (Å²) >= 11 is 4.08. The number of hydrogen-bond acceptors (Lipinski definition) is 4. The molecule has 0 radical (unpaired) electrons. The van der Waals surface area contributed by atoms with E-state index in [0.717, 1.165) is 29.8 Å². The molecule has 0 aliphatic heterocycles. The number of aromatic nitrogens is 1. The molecule has 0 saturated carbocycles. The standard InChI is InChI=1S/C21H26N2O3S/c1-25-19-8-7-18(16-20(19)26-2)6-5-17-9-13-23(14-10-17)12-3-4-21(24)22-11-15-27/h5-10,13-14,16H,3-4,11-12,15H2,1-2H3,(H-,22,24,27)/p+1/b6-5+. The summed E-state index contributed by atoms with van der Waals surface area (Å²) in [5, 5.41) is 2.82. The molecule has 5 nitrogen and oxygen atoms in total. The third kappa shape index (κ3) is 6.98. The number of carbonyl (C=O) groups excluding carboxylic acids is 1. The molecule has 27 heavy (non-hydrogen) atoms. The van der Waals surface area contributed by atoms with Crippen LogP contribution in [0, 0.1) is 0 Å². The molecule has 2 aromatic rings. The van der Waals surface area contributed by atoms with Gasteiger partial charge in [-0.15, -0.1) is 0 Å². The van der Waals surface area contributed by atoms with Crippen LogP contribution in [0.5, 0.6) is 11.5 Å². The molecule has 1 aromatic heterocycles. The van der Waals surface area contributed by atoms with Crippen LogP contribution < -0.4 is 19.4 Å². The first kappa shape index (κ1) is 20.8. The molecule has 144 valence electrons. The van der Waals surface area contributed by atoms with Crippen molar-refractivity contribution in [3.63, 3.8) is 0 Å². The topological polar surface area (TPSA) is 51.4 Å². The van der Waals surface area contributed by atoms with Gasteiger partial charge >= 0.3 is 0 Å². The molecule has 0 atom stereocenters. The fraction of sp³-hybridized carbons (Fsp3) is 0.333. The lowest BCUT2D eigenvalue weighted by Gasteiger charge is -2.07. The van der Waals surface area contributed by atoms with Crippen LogP contribution in [0.2, 0.25) is 0 Å². The number of amides is 1. The van der Waals surface area contributed by atoms with E-state index < -0.39 is 0 Å². The number of pyridine rings is 1. The number of hydrogen-bond donors (Lipinski definition) is 2. The maximum Gasteiger partial charge on any atom is 0.220 e. The average Bonchev–Trinajstić information content (AvgIpc) is 2.71. The van der Waals surface area contributed by atoms with Gasteiger partial charge in [0.25, 0.3) is 0 Å². The maximum absolute atomic E-state index is 11.6. The van der Waals surface area contributed by atoms with Crippen LogP contribution in [-0.4, -0.2) is 32.4 Å². The zero-order valence-corrected chi connectivity index (χ0v) is 16.7. The van der Waals surface area contributed by atoms with Crippen molar-refractivity contribution < 1.29 is 18.8 Å². The van der Waals surface area contributed by atoms with E-state index in [1.807, 2.05) is 36.7 Å². The van der Waals surface area contributed by atoms with Crippen LogP contribution in [0.25, 0.3) is 12.2 Å². The zero-order valence-electron chi connectivity index (χ0n) is 15.9. The molecule has 1 heterocycles. The van der Waals surface area contributed by atoms with E-state index in [1.54, 1.807) is 14.2 Å². The highest BCUT2D eigenvalue weighted by Crippen LogP contribution is 2.28. The fourth-order valence-electron chi connectivity index (χ4n) is 2.58. The van der Waals surface area contributed by atoms with Gasteiger partial charge in [0.1, 0.15) is 6.54 Å². The second kappa shape index (κ2) is 11.3. The molecule has 2 rings (SSSR count). The Morgan fingerprint density at radius 3 is 2.44 bits per heavy atom. The predicted molar refractivity (Wildman–Crippen MR) is 111 cm³/mol. The minimum Gasteiger partial charge on any atom is -0.493 e. The molecular formula is C21H27N2O3S+. The molecule has 0 saturated heterocycles. The van der Waals surface area contributed by atoms with Crippen molar-refractivity contribution in [3.8, 4) is 11.5 Å². The Labute approximate surface area is 166 Å². The summed E-state index contributed by atoms with van der Waals surface area (Å²) in [7, 11) is 3.26. The van der Waals surface area contributed by atoms with Gasteiger partial charge < -0.3 is 14.8 Å². The lowest BCUT2D eigenvalue weighted by Crippen LogP contribution is -2.33. The summed E-state index contributed by atoms with van der Waals surface area (Å²) in [5.74, 6) is 2.18. The number of aryl methyl sites for hydroxylation is 1. The Bertz CT molecular complexity index is 761. The lowest BCUT2D eigenvalue weighted by atomic mass is 10.1. The quantitative estimate of drug-likeness (QED) is 0.487. The number of nitrogens with one attached hydrogen (secondary N) is 1. The van der Waals surface area contributed by atoms with E-state index in [2.05, 4.69) is 40.7 Å². The lowest BCUT2D eigenvalue weighted by molar-refractivity contribution is -0.697. The van der Waals surface area contributed by atoms with Crippen LogP contribution in [0.15, 0.2) is 42.7 Å². The molecule has 0 aliphatic carbocycles. The van der Waals surface area contributed by atoms with Crippen molar-refractivity contribution in [1.29, 1.82) is 0 Å². The average molecular weight is 388 g/mol. The van der Waals surface area contributed by atoms with Crippen LogP contribution >= 0.6 is 12.6 Å². The number of nitrogens with zero attached hydrogens (tertiary/aromatic N) is 1. The van der Waals surface area contributed by atoms with Gasteiger partial charge in [-0.1, -0.05) is 18.2 Å². The van der Waals surface area contributed by atoms with Crippen molar-refractivity contribution in [2.75, 3.05) is 26.5 Å². The number of benzene rings is 1. The summed E-state index contributed by atoms with van der Waals surface area (Å²) in [6.45, 7) is 1.43. The molecular weight excluding hydrogens is 360 g/mol. The van der Waals surface area contributed by atoms with E-state index in [0.29, 0.717) is 24.5 Å². The highest BCUT2D eigenvalue weighted by Gasteiger charge is 2.05. The first-order valence-electron chi connectivity index (χ1n) is 8.93. The van der Waals surface area contributed by atoms with Crippen LogP contribution in [0.4, 0.5) is 0 Å². The monoisotopic (exact) mass is 387 g/mol.